The summed E-state index contributed by atoms with van der Waals surface area (Å²) in [5, 5.41) is 0. The number of nitrogens with zero attached hydrogens (tertiary/aromatic N) is 1. The Morgan fingerprint density at radius 1 is 0.700 bits per heavy atom. The van der Waals surface area contributed by atoms with E-state index in [4.69, 9.17) is 0 Å². The van der Waals surface area contributed by atoms with E-state index in [-0.39, 0.29) is 49.3 Å². The minimum Gasteiger partial charge on any atom is -0.300 e. The summed E-state index contributed by atoms with van der Waals surface area (Å²) in [5.74, 6) is 0. The average Bonchev–Trinajstić information content (AvgIpc) is 3.62. The van der Waals surface area contributed by atoms with Gasteiger partial charge in [0.25, 0.3) is 0 Å². The summed E-state index contributed by atoms with van der Waals surface area (Å²) in [5.41, 5.74) is -2.39. The summed E-state index contributed by atoms with van der Waals surface area (Å²) < 4.78 is 88.8. The third-order valence-corrected chi connectivity index (χ3v) is 9.86. The van der Waals surface area contributed by atoms with Crippen molar-refractivity contribution >= 4 is 0 Å². The van der Waals surface area contributed by atoms with Crippen LogP contribution in [-0.2, 0) is 23.7 Å². The molecule has 2 aromatic carbocycles. The molecule has 0 amide bonds. The Morgan fingerprint density at radius 3 is 1.62 bits per heavy atom. The predicted octanol–water partition coefficient (Wildman–Crippen LogP) is 9.71. The Labute approximate surface area is 235 Å². The highest BCUT2D eigenvalue weighted by atomic mass is 19.4. The Bertz CT molecular complexity index is 1030. The molecule has 0 aromatic heterocycles. The second-order valence-corrected chi connectivity index (χ2v) is 11.9. The van der Waals surface area contributed by atoms with Crippen molar-refractivity contribution in [3.05, 3.63) is 70.8 Å². The molecule has 2 fully saturated rings. The lowest BCUT2D eigenvalue weighted by molar-refractivity contribution is -0.191. The van der Waals surface area contributed by atoms with Crippen LogP contribution >= 0.6 is 0 Å². The molecule has 2 aromatic rings. The van der Waals surface area contributed by atoms with Gasteiger partial charge in [0.15, 0.2) is 0 Å². The SMILES string of the molecule is CCC(CCc1c(C2(C(F)(F)F)CCCC2)cccc1C1(C(F)(F)F)CCCC1)N(CC)CCc1ccccc1. The molecule has 222 valence electrons. The molecule has 0 heterocycles. The molecular formula is C33H43F6N. The fourth-order valence-corrected chi connectivity index (χ4v) is 7.59. The van der Waals surface area contributed by atoms with Gasteiger partial charge in [-0.2, -0.15) is 26.3 Å². The number of alkyl halides is 6. The Hall–Kier alpha value is -2.02. The first-order valence-corrected chi connectivity index (χ1v) is 15.0. The Balaban J connectivity index is 1.73. The highest BCUT2D eigenvalue weighted by molar-refractivity contribution is 5.47. The second-order valence-electron chi connectivity index (χ2n) is 11.9. The molecule has 7 heteroatoms. The Kier molecular flexibility index (Phi) is 9.64. The van der Waals surface area contributed by atoms with E-state index in [9.17, 15) is 26.3 Å². The average molecular weight is 568 g/mol. The van der Waals surface area contributed by atoms with Crippen molar-refractivity contribution in [1.82, 2.24) is 4.90 Å². The van der Waals surface area contributed by atoms with Crippen molar-refractivity contribution in [3.63, 3.8) is 0 Å². The van der Waals surface area contributed by atoms with E-state index in [1.807, 2.05) is 18.2 Å². The number of halogens is 6. The van der Waals surface area contributed by atoms with Crippen molar-refractivity contribution in [3.8, 4) is 0 Å². The third kappa shape index (κ3) is 5.96. The molecule has 2 aliphatic carbocycles. The number of benzene rings is 2. The molecule has 0 radical (unpaired) electrons. The first-order chi connectivity index (χ1) is 19.0. The van der Waals surface area contributed by atoms with E-state index in [2.05, 4.69) is 30.9 Å². The van der Waals surface area contributed by atoms with E-state index in [0.717, 1.165) is 25.9 Å². The Morgan fingerprint density at radius 2 is 1.20 bits per heavy atom. The summed E-state index contributed by atoms with van der Waals surface area (Å²) in [4.78, 5) is 2.33. The van der Waals surface area contributed by atoms with Crippen molar-refractivity contribution in [1.29, 1.82) is 0 Å². The lowest BCUT2D eigenvalue weighted by Crippen LogP contribution is -2.44. The van der Waals surface area contributed by atoms with Gasteiger partial charge >= 0.3 is 12.4 Å². The highest BCUT2D eigenvalue weighted by Gasteiger charge is 2.60. The van der Waals surface area contributed by atoms with E-state index in [0.29, 0.717) is 37.7 Å². The van der Waals surface area contributed by atoms with Gasteiger partial charge in [-0.3, -0.25) is 0 Å². The molecule has 1 nitrogen and oxygen atoms in total. The number of hydrogen-bond donors (Lipinski definition) is 0. The van der Waals surface area contributed by atoms with Gasteiger partial charge in [0, 0.05) is 12.6 Å². The molecule has 0 spiro atoms. The molecular weight excluding hydrogens is 524 g/mol. The summed E-state index contributed by atoms with van der Waals surface area (Å²) in [7, 11) is 0. The topological polar surface area (TPSA) is 3.24 Å². The third-order valence-electron chi connectivity index (χ3n) is 9.86. The molecule has 0 aliphatic heterocycles. The minimum atomic E-state index is -4.51. The van der Waals surface area contributed by atoms with E-state index < -0.39 is 23.2 Å². The summed E-state index contributed by atoms with van der Waals surface area (Å²) >= 11 is 0. The minimum absolute atomic E-state index is 0.0542. The van der Waals surface area contributed by atoms with Gasteiger partial charge in [-0.1, -0.05) is 88.1 Å². The van der Waals surface area contributed by atoms with Gasteiger partial charge in [0.2, 0.25) is 0 Å². The smallest absolute Gasteiger partial charge is 0.300 e. The van der Waals surface area contributed by atoms with Crippen molar-refractivity contribution in [2.24, 2.45) is 0 Å². The fourth-order valence-electron chi connectivity index (χ4n) is 7.59. The van der Waals surface area contributed by atoms with Gasteiger partial charge in [-0.15, -0.1) is 0 Å². The molecule has 40 heavy (non-hydrogen) atoms. The molecule has 1 unspecified atom stereocenters. The standard InChI is InChI=1S/C33H43F6N/c1-3-26(40(4-2)24-19-25-13-6-5-7-14-25)17-18-27-28(30(32(34,35)36)20-8-9-21-30)15-12-16-29(27)31(33(37,38)39)22-10-11-23-31/h5-7,12-16,26H,3-4,8-11,17-24H2,1-2H3. The van der Waals surface area contributed by atoms with E-state index >= 15 is 0 Å². The molecule has 0 N–H and O–H groups in total. The summed E-state index contributed by atoms with van der Waals surface area (Å²) in [6.07, 6.45) is -5.08. The van der Waals surface area contributed by atoms with Crippen LogP contribution in [0, 0.1) is 0 Å². The van der Waals surface area contributed by atoms with Crippen LogP contribution in [0.1, 0.15) is 100 Å². The van der Waals surface area contributed by atoms with Gasteiger partial charge in [-0.05, 0) is 80.2 Å². The fraction of sp³-hybridized carbons (Fsp3) is 0.636. The first kappa shape index (κ1) is 30.9. The van der Waals surface area contributed by atoms with Crippen molar-refractivity contribution < 1.29 is 26.3 Å². The van der Waals surface area contributed by atoms with Crippen LogP contribution in [0.5, 0.6) is 0 Å². The zero-order valence-corrected chi connectivity index (χ0v) is 23.8. The van der Waals surface area contributed by atoms with Crippen molar-refractivity contribution in [2.75, 3.05) is 13.1 Å². The molecule has 4 rings (SSSR count). The van der Waals surface area contributed by atoms with Gasteiger partial charge in [-0.25, -0.2) is 0 Å². The number of hydrogen-bond acceptors (Lipinski definition) is 1. The monoisotopic (exact) mass is 567 g/mol. The molecule has 1 atom stereocenters. The van der Waals surface area contributed by atoms with Gasteiger partial charge < -0.3 is 4.90 Å². The predicted molar refractivity (Wildman–Crippen MR) is 149 cm³/mol. The lowest BCUT2D eigenvalue weighted by atomic mass is 9.68. The van der Waals surface area contributed by atoms with Gasteiger partial charge in [0.1, 0.15) is 0 Å². The van der Waals surface area contributed by atoms with Crippen molar-refractivity contribution in [2.45, 2.75) is 120 Å². The first-order valence-electron chi connectivity index (χ1n) is 15.0. The largest absolute Gasteiger partial charge is 0.398 e. The van der Waals surface area contributed by atoms with Crippen LogP contribution in [0.2, 0.25) is 0 Å². The quantitative estimate of drug-likeness (QED) is 0.244. The van der Waals surface area contributed by atoms with Gasteiger partial charge in [0.05, 0.1) is 10.8 Å². The molecule has 2 aliphatic rings. The molecule has 0 saturated heterocycles. The van der Waals surface area contributed by atoms with E-state index in [1.165, 1.54) is 23.8 Å². The molecule has 2 saturated carbocycles. The zero-order valence-electron chi connectivity index (χ0n) is 23.8. The van der Waals surface area contributed by atoms with E-state index in [1.54, 1.807) is 0 Å². The van der Waals surface area contributed by atoms with Crippen LogP contribution < -0.4 is 0 Å². The summed E-state index contributed by atoms with van der Waals surface area (Å²) in [6.45, 7) is 5.71. The lowest BCUT2D eigenvalue weighted by Gasteiger charge is -2.39. The van der Waals surface area contributed by atoms with Crippen LogP contribution in [0.4, 0.5) is 26.3 Å². The maximum absolute atomic E-state index is 14.8. The van der Waals surface area contributed by atoms with Crippen LogP contribution in [0.15, 0.2) is 48.5 Å². The normalized spacial score (nSPS) is 19.8. The highest BCUT2D eigenvalue weighted by Crippen LogP contribution is 2.57. The number of likely N-dealkylation sites (N-methyl/N-ethyl adjacent to an activating group) is 1. The maximum atomic E-state index is 14.8. The van der Waals surface area contributed by atoms with Crippen LogP contribution in [0.3, 0.4) is 0 Å². The van der Waals surface area contributed by atoms with Crippen LogP contribution in [0.25, 0.3) is 0 Å². The summed E-state index contributed by atoms with van der Waals surface area (Å²) in [6, 6.07) is 14.6. The molecule has 0 bridgehead atoms. The zero-order chi connectivity index (χ0) is 29.0. The number of rotatable bonds is 11. The second kappa shape index (κ2) is 12.5. The van der Waals surface area contributed by atoms with Crippen LogP contribution in [-0.4, -0.2) is 36.4 Å². The maximum Gasteiger partial charge on any atom is 0.398 e.